The van der Waals surface area contributed by atoms with E-state index < -0.39 is 0 Å². The molecule has 1 N–H and O–H groups in total. The lowest BCUT2D eigenvalue weighted by molar-refractivity contribution is 0.482. The van der Waals surface area contributed by atoms with Gasteiger partial charge >= 0.3 is 0 Å². The zero-order valence-electron chi connectivity index (χ0n) is 24.1. The van der Waals surface area contributed by atoms with E-state index in [-0.39, 0.29) is 12.1 Å². The number of ether oxygens (including phenoxy) is 1. The summed E-state index contributed by atoms with van der Waals surface area (Å²) in [7, 11) is 0. The Balaban J connectivity index is 1.43. The molecular formula is C35H34N4OS. The van der Waals surface area contributed by atoms with Gasteiger partial charge in [-0.25, -0.2) is 0 Å². The molecule has 6 rings (SSSR count). The summed E-state index contributed by atoms with van der Waals surface area (Å²) in [5.41, 5.74) is 10.5. The van der Waals surface area contributed by atoms with Crippen molar-refractivity contribution in [2.75, 3.05) is 4.90 Å². The standard InChI is InChI=1S/C35H34N4OS/c1-22-12-16-28(17-13-22)40-29-18-14-27(15-19-29)39-34(32(37-35(39)41)31-11-6-7-20-36-31)30-21-25(4)38(26(30)5)33-23(2)9-8-10-24(33)3/h6-21,32,34H,1-5H3,(H,37,41)/t32-,34-/m1/s1. The Morgan fingerprint density at radius 2 is 1.44 bits per heavy atom. The van der Waals surface area contributed by atoms with E-state index in [1.807, 2.05) is 42.6 Å². The number of para-hydroxylation sites is 1. The van der Waals surface area contributed by atoms with Gasteiger partial charge < -0.3 is 19.5 Å². The van der Waals surface area contributed by atoms with Crippen LogP contribution in [-0.2, 0) is 0 Å². The van der Waals surface area contributed by atoms with Crippen LogP contribution in [0.25, 0.3) is 5.69 Å². The number of aryl methyl sites for hydroxylation is 4. The van der Waals surface area contributed by atoms with Gasteiger partial charge in [-0.3, -0.25) is 4.98 Å². The fourth-order valence-corrected chi connectivity index (χ4v) is 6.30. The molecule has 5 nitrogen and oxygen atoms in total. The first-order valence-corrected chi connectivity index (χ1v) is 14.3. The van der Waals surface area contributed by atoms with Crippen molar-refractivity contribution in [2.24, 2.45) is 0 Å². The number of thiocarbonyl (C=S) groups is 1. The summed E-state index contributed by atoms with van der Waals surface area (Å²) in [6.45, 7) is 10.8. The lowest BCUT2D eigenvalue weighted by Crippen LogP contribution is -2.29. The molecule has 0 unspecified atom stereocenters. The Morgan fingerprint density at radius 1 is 0.780 bits per heavy atom. The van der Waals surface area contributed by atoms with Gasteiger partial charge in [0.25, 0.3) is 0 Å². The molecule has 6 heteroatoms. The first-order valence-electron chi connectivity index (χ1n) is 13.9. The Morgan fingerprint density at radius 3 is 2.07 bits per heavy atom. The summed E-state index contributed by atoms with van der Waals surface area (Å²) in [6, 6.07) is 30.9. The van der Waals surface area contributed by atoms with Crippen LogP contribution in [0.5, 0.6) is 11.5 Å². The summed E-state index contributed by atoms with van der Waals surface area (Å²) in [5.74, 6) is 1.59. The highest BCUT2D eigenvalue weighted by molar-refractivity contribution is 7.80. The van der Waals surface area contributed by atoms with Gasteiger partial charge in [-0.15, -0.1) is 0 Å². The molecule has 41 heavy (non-hydrogen) atoms. The number of nitrogens with zero attached hydrogens (tertiary/aromatic N) is 3. The minimum absolute atomic E-state index is 0.0921. The van der Waals surface area contributed by atoms with Crippen molar-refractivity contribution in [2.45, 2.75) is 46.7 Å². The maximum absolute atomic E-state index is 6.11. The van der Waals surface area contributed by atoms with Crippen molar-refractivity contribution in [1.82, 2.24) is 14.9 Å². The monoisotopic (exact) mass is 558 g/mol. The fraction of sp³-hybridized carbons (Fsp3) is 0.200. The lowest BCUT2D eigenvalue weighted by Gasteiger charge is -2.28. The summed E-state index contributed by atoms with van der Waals surface area (Å²) in [5, 5.41) is 4.28. The zero-order valence-corrected chi connectivity index (χ0v) is 24.9. The Kier molecular flexibility index (Phi) is 7.10. The molecule has 0 aliphatic carbocycles. The molecule has 3 aromatic carbocycles. The molecule has 206 valence electrons. The average molecular weight is 559 g/mol. The molecule has 0 radical (unpaired) electrons. The van der Waals surface area contributed by atoms with Gasteiger partial charge in [0.15, 0.2) is 5.11 Å². The molecule has 2 aromatic heterocycles. The highest BCUT2D eigenvalue weighted by Crippen LogP contribution is 2.44. The highest BCUT2D eigenvalue weighted by Gasteiger charge is 2.42. The van der Waals surface area contributed by atoms with Crippen LogP contribution in [0.15, 0.2) is 97.2 Å². The quantitative estimate of drug-likeness (QED) is 0.212. The maximum atomic E-state index is 6.11. The van der Waals surface area contributed by atoms with E-state index in [2.05, 4.69) is 104 Å². The molecule has 0 spiro atoms. The number of rotatable bonds is 6. The molecule has 1 saturated heterocycles. The van der Waals surface area contributed by atoms with E-state index in [0.717, 1.165) is 22.9 Å². The molecule has 1 aliphatic rings. The molecule has 1 aliphatic heterocycles. The molecule has 3 heterocycles. The molecule has 0 saturated carbocycles. The van der Waals surface area contributed by atoms with Crippen LogP contribution < -0.4 is 15.0 Å². The number of aromatic nitrogens is 2. The van der Waals surface area contributed by atoms with Gasteiger partial charge in [-0.2, -0.15) is 0 Å². The first kappa shape index (κ1) is 26.8. The van der Waals surface area contributed by atoms with E-state index in [1.54, 1.807) is 0 Å². The Labute approximate surface area is 247 Å². The molecule has 1 fully saturated rings. The van der Waals surface area contributed by atoms with Crippen LogP contribution in [0.2, 0.25) is 0 Å². The molecular weight excluding hydrogens is 524 g/mol. The van der Waals surface area contributed by atoms with E-state index in [9.17, 15) is 0 Å². The van der Waals surface area contributed by atoms with Gasteiger partial charge in [-0.1, -0.05) is 42.0 Å². The van der Waals surface area contributed by atoms with Gasteiger partial charge in [0.05, 0.1) is 23.5 Å². The fourth-order valence-electron chi connectivity index (χ4n) is 5.96. The highest BCUT2D eigenvalue weighted by atomic mass is 32.1. The second-order valence-corrected chi connectivity index (χ2v) is 11.2. The first-order chi connectivity index (χ1) is 19.8. The van der Waals surface area contributed by atoms with Crippen molar-refractivity contribution in [3.8, 4) is 17.2 Å². The minimum Gasteiger partial charge on any atom is -0.457 e. The smallest absolute Gasteiger partial charge is 0.174 e. The predicted molar refractivity (Wildman–Crippen MR) is 170 cm³/mol. The van der Waals surface area contributed by atoms with Crippen LogP contribution in [0.1, 0.15) is 51.4 Å². The minimum atomic E-state index is -0.112. The van der Waals surface area contributed by atoms with Crippen molar-refractivity contribution in [1.29, 1.82) is 0 Å². The third-order valence-corrected chi connectivity index (χ3v) is 8.24. The second kappa shape index (κ2) is 10.9. The number of pyridine rings is 1. The van der Waals surface area contributed by atoms with E-state index in [1.165, 1.54) is 39.3 Å². The number of nitrogens with one attached hydrogen (secondary N) is 1. The van der Waals surface area contributed by atoms with E-state index in [0.29, 0.717) is 5.11 Å². The van der Waals surface area contributed by atoms with E-state index in [4.69, 9.17) is 21.9 Å². The summed E-state index contributed by atoms with van der Waals surface area (Å²) in [4.78, 5) is 6.96. The number of benzene rings is 3. The van der Waals surface area contributed by atoms with Gasteiger partial charge in [0, 0.05) is 23.3 Å². The number of hydrogen-bond donors (Lipinski definition) is 1. The predicted octanol–water partition coefficient (Wildman–Crippen LogP) is 8.38. The third-order valence-electron chi connectivity index (χ3n) is 7.92. The zero-order chi connectivity index (χ0) is 28.7. The largest absolute Gasteiger partial charge is 0.457 e. The van der Waals surface area contributed by atoms with E-state index >= 15 is 0 Å². The normalized spacial score (nSPS) is 16.6. The Hall–Kier alpha value is -4.42. The lowest BCUT2D eigenvalue weighted by atomic mass is 9.96. The van der Waals surface area contributed by atoms with Crippen LogP contribution in [0.3, 0.4) is 0 Å². The van der Waals surface area contributed by atoms with Gasteiger partial charge in [0.2, 0.25) is 0 Å². The second-order valence-electron chi connectivity index (χ2n) is 10.8. The van der Waals surface area contributed by atoms with Crippen molar-refractivity contribution < 1.29 is 4.74 Å². The number of anilines is 1. The van der Waals surface area contributed by atoms with Crippen LogP contribution in [0.4, 0.5) is 5.69 Å². The summed E-state index contributed by atoms with van der Waals surface area (Å²) >= 11 is 5.99. The Bertz CT molecular complexity index is 1690. The van der Waals surface area contributed by atoms with Crippen molar-refractivity contribution in [3.05, 3.63) is 137 Å². The molecule has 5 aromatic rings. The molecule has 0 amide bonds. The van der Waals surface area contributed by atoms with Crippen molar-refractivity contribution in [3.63, 3.8) is 0 Å². The molecule has 2 atom stereocenters. The number of hydrogen-bond acceptors (Lipinski definition) is 3. The van der Waals surface area contributed by atoms with Crippen LogP contribution in [-0.4, -0.2) is 14.7 Å². The summed E-state index contributed by atoms with van der Waals surface area (Å²) in [6.07, 6.45) is 1.84. The summed E-state index contributed by atoms with van der Waals surface area (Å²) < 4.78 is 8.49. The molecule has 0 bridgehead atoms. The van der Waals surface area contributed by atoms with Crippen molar-refractivity contribution >= 4 is 23.0 Å². The van der Waals surface area contributed by atoms with Crippen LogP contribution in [0, 0.1) is 34.6 Å². The topological polar surface area (TPSA) is 42.3 Å². The van der Waals surface area contributed by atoms with Gasteiger partial charge in [-0.05, 0) is 118 Å². The average Bonchev–Trinajstić information content (AvgIpc) is 3.46. The third kappa shape index (κ3) is 5.00. The maximum Gasteiger partial charge on any atom is 0.174 e. The van der Waals surface area contributed by atoms with Crippen LogP contribution >= 0.6 is 12.2 Å². The SMILES string of the molecule is Cc1ccc(Oc2ccc(N3C(=S)N[C@H](c4ccccn4)[C@H]3c3cc(C)n(-c4c(C)cccc4C)c3C)cc2)cc1. The van der Waals surface area contributed by atoms with Gasteiger partial charge in [0.1, 0.15) is 11.5 Å².